The van der Waals surface area contributed by atoms with Crippen LogP contribution in [0.1, 0.15) is 28.4 Å². The van der Waals surface area contributed by atoms with Gasteiger partial charge >= 0.3 is 0 Å². The van der Waals surface area contributed by atoms with E-state index in [4.69, 9.17) is 5.21 Å². The van der Waals surface area contributed by atoms with Crippen LogP contribution in [0.4, 0.5) is 0 Å². The van der Waals surface area contributed by atoms with Crippen LogP contribution in [0.5, 0.6) is 11.5 Å². The number of hydrogen-bond donors (Lipinski definition) is 7. The second kappa shape index (κ2) is 11.3. The Morgan fingerprint density at radius 1 is 0.824 bits per heavy atom. The Hall–Kier alpha value is -3.92. The molecule has 9 heteroatoms. The van der Waals surface area contributed by atoms with E-state index in [1.54, 1.807) is 30.3 Å². The number of phenols is 2. The zero-order chi connectivity index (χ0) is 24.7. The molecule has 0 fully saturated rings. The first-order valence-corrected chi connectivity index (χ1v) is 10.6. The molecule has 0 saturated heterocycles. The van der Waals surface area contributed by atoms with Gasteiger partial charge in [0.2, 0.25) is 0 Å². The minimum absolute atomic E-state index is 0.147. The summed E-state index contributed by atoms with van der Waals surface area (Å²) in [6, 6.07) is 18.1. The van der Waals surface area contributed by atoms with Gasteiger partial charge in [-0.25, -0.2) is 5.48 Å². The summed E-state index contributed by atoms with van der Waals surface area (Å²) in [5.74, 6) is -1.75. The molecule has 0 aromatic heterocycles. The van der Waals surface area contributed by atoms with Crippen molar-refractivity contribution in [2.45, 2.75) is 32.2 Å². The highest BCUT2D eigenvalue weighted by Crippen LogP contribution is 2.25. The zero-order valence-corrected chi connectivity index (χ0v) is 18.5. The SMILES string of the molecule is C[C@@H](O)[C@H](NC(=O)c1ccc(-c2ccc(CNCc3ccc(O)c(O)c3)cc2)cc1)C(=O)NO. The average Bonchev–Trinajstić information content (AvgIpc) is 2.84. The van der Waals surface area contributed by atoms with E-state index in [0.717, 1.165) is 22.3 Å². The lowest BCUT2D eigenvalue weighted by Crippen LogP contribution is -2.51. The second-order valence-corrected chi connectivity index (χ2v) is 7.87. The molecule has 0 radical (unpaired) electrons. The molecule has 178 valence electrons. The van der Waals surface area contributed by atoms with E-state index >= 15 is 0 Å². The van der Waals surface area contributed by atoms with Crippen molar-refractivity contribution in [2.75, 3.05) is 0 Å². The number of hydrogen-bond acceptors (Lipinski definition) is 7. The van der Waals surface area contributed by atoms with Crippen LogP contribution in [0.2, 0.25) is 0 Å². The quantitative estimate of drug-likeness (QED) is 0.145. The van der Waals surface area contributed by atoms with E-state index in [-0.39, 0.29) is 11.5 Å². The minimum atomic E-state index is -1.28. The van der Waals surface area contributed by atoms with Gasteiger partial charge in [0.25, 0.3) is 11.8 Å². The molecule has 0 aliphatic heterocycles. The van der Waals surface area contributed by atoms with E-state index in [0.29, 0.717) is 18.7 Å². The fourth-order valence-corrected chi connectivity index (χ4v) is 3.36. The van der Waals surface area contributed by atoms with Gasteiger partial charge in [-0.1, -0.05) is 42.5 Å². The lowest BCUT2D eigenvalue weighted by Gasteiger charge is -2.19. The summed E-state index contributed by atoms with van der Waals surface area (Å²) < 4.78 is 0. The van der Waals surface area contributed by atoms with Crippen LogP contribution in [0.15, 0.2) is 66.7 Å². The number of nitrogens with one attached hydrogen (secondary N) is 3. The molecule has 3 rings (SSSR count). The number of aliphatic hydroxyl groups is 1. The Labute approximate surface area is 196 Å². The monoisotopic (exact) mass is 465 g/mol. The molecular weight excluding hydrogens is 438 g/mol. The van der Waals surface area contributed by atoms with Crippen LogP contribution in [-0.2, 0) is 17.9 Å². The molecule has 2 atom stereocenters. The van der Waals surface area contributed by atoms with Gasteiger partial charge in [0, 0.05) is 18.7 Å². The lowest BCUT2D eigenvalue weighted by atomic mass is 10.0. The summed E-state index contributed by atoms with van der Waals surface area (Å²) in [4.78, 5) is 24.0. The van der Waals surface area contributed by atoms with Gasteiger partial charge < -0.3 is 26.0 Å². The molecular formula is C25H27N3O6. The predicted octanol–water partition coefficient (Wildman–Crippen LogP) is 2.04. The van der Waals surface area contributed by atoms with Gasteiger partial charge in [-0.3, -0.25) is 14.8 Å². The molecule has 0 aliphatic carbocycles. The highest BCUT2D eigenvalue weighted by atomic mass is 16.5. The first-order valence-electron chi connectivity index (χ1n) is 10.6. The van der Waals surface area contributed by atoms with E-state index in [9.17, 15) is 24.9 Å². The smallest absolute Gasteiger partial charge is 0.268 e. The topological polar surface area (TPSA) is 151 Å². The van der Waals surface area contributed by atoms with Crippen molar-refractivity contribution >= 4 is 11.8 Å². The maximum absolute atomic E-state index is 12.4. The van der Waals surface area contributed by atoms with Crippen LogP contribution >= 0.6 is 0 Å². The first kappa shape index (κ1) is 24.7. The maximum Gasteiger partial charge on any atom is 0.268 e. The molecule has 0 aliphatic rings. The molecule has 3 aromatic carbocycles. The van der Waals surface area contributed by atoms with Gasteiger partial charge in [-0.2, -0.15) is 0 Å². The lowest BCUT2D eigenvalue weighted by molar-refractivity contribution is -0.133. The van der Waals surface area contributed by atoms with Crippen molar-refractivity contribution < 1.29 is 30.1 Å². The Morgan fingerprint density at radius 2 is 1.38 bits per heavy atom. The molecule has 7 N–H and O–H groups in total. The van der Waals surface area contributed by atoms with Crippen molar-refractivity contribution in [2.24, 2.45) is 0 Å². The number of aliphatic hydroxyl groups excluding tert-OH is 1. The highest BCUT2D eigenvalue weighted by molar-refractivity contribution is 5.97. The molecule has 0 heterocycles. The largest absolute Gasteiger partial charge is 0.504 e. The number of amides is 2. The third-order valence-corrected chi connectivity index (χ3v) is 5.29. The number of hydroxylamine groups is 1. The number of carbonyl (C=O) groups excluding carboxylic acids is 2. The van der Waals surface area contributed by atoms with Gasteiger partial charge in [0.05, 0.1) is 6.10 Å². The standard InChI is InChI=1S/C25H27N3O6/c1-15(29)23(25(33)28-34)27-24(32)20-9-7-19(8-10-20)18-5-2-16(3-6-18)13-26-14-17-4-11-21(30)22(31)12-17/h2-12,15,23,26,29-31,34H,13-14H2,1H3,(H,27,32)(H,28,33)/t15-,23+/m1/s1. The molecule has 0 unspecified atom stereocenters. The average molecular weight is 466 g/mol. The van der Waals surface area contributed by atoms with Crippen molar-refractivity contribution in [3.05, 3.63) is 83.4 Å². The molecule has 2 amide bonds. The second-order valence-electron chi connectivity index (χ2n) is 7.87. The Bertz CT molecular complexity index is 1130. The molecule has 3 aromatic rings. The van der Waals surface area contributed by atoms with E-state index in [1.165, 1.54) is 24.5 Å². The molecule has 0 bridgehead atoms. The summed E-state index contributed by atoms with van der Waals surface area (Å²) in [6.07, 6.45) is -1.18. The van der Waals surface area contributed by atoms with E-state index < -0.39 is 24.0 Å². The normalized spacial score (nSPS) is 12.6. The molecule has 9 nitrogen and oxygen atoms in total. The fraction of sp³-hybridized carbons (Fsp3) is 0.200. The molecule has 0 spiro atoms. The van der Waals surface area contributed by atoms with Crippen molar-refractivity contribution in [1.29, 1.82) is 0 Å². The number of rotatable bonds is 9. The Morgan fingerprint density at radius 3 is 1.94 bits per heavy atom. The minimum Gasteiger partial charge on any atom is -0.504 e. The zero-order valence-electron chi connectivity index (χ0n) is 18.5. The highest BCUT2D eigenvalue weighted by Gasteiger charge is 2.25. The summed E-state index contributed by atoms with van der Waals surface area (Å²) in [6.45, 7) is 2.49. The summed E-state index contributed by atoms with van der Waals surface area (Å²) >= 11 is 0. The maximum atomic E-state index is 12.4. The Balaban J connectivity index is 1.57. The number of phenolic OH excluding ortho intramolecular Hbond substituents is 2. The number of benzene rings is 3. The fourth-order valence-electron chi connectivity index (χ4n) is 3.36. The van der Waals surface area contributed by atoms with Crippen LogP contribution in [0.25, 0.3) is 11.1 Å². The van der Waals surface area contributed by atoms with E-state index in [1.807, 2.05) is 24.3 Å². The van der Waals surface area contributed by atoms with Crippen molar-refractivity contribution in [3.8, 4) is 22.6 Å². The first-order chi connectivity index (χ1) is 16.3. The van der Waals surface area contributed by atoms with E-state index in [2.05, 4.69) is 10.6 Å². The van der Waals surface area contributed by atoms with Crippen molar-refractivity contribution in [3.63, 3.8) is 0 Å². The van der Waals surface area contributed by atoms with Crippen molar-refractivity contribution in [1.82, 2.24) is 16.1 Å². The van der Waals surface area contributed by atoms with Crippen LogP contribution < -0.4 is 16.1 Å². The summed E-state index contributed by atoms with van der Waals surface area (Å²) in [7, 11) is 0. The molecule has 0 saturated carbocycles. The summed E-state index contributed by atoms with van der Waals surface area (Å²) in [5, 5.41) is 43.0. The van der Waals surface area contributed by atoms with Gasteiger partial charge in [0.15, 0.2) is 11.5 Å². The van der Waals surface area contributed by atoms with Gasteiger partial charge in [-0.05, 0) is 53.4 Å². The van der Waals surface area contributed by atoms with Crippen LogP contribution in [-0.4, -0.2) is 44.5 Å². The van der Waals surface area contributed by atoms with Gasteiger partial charge in [0.1, 0.15) is 6.04 Å². The third kappa shape index (κ3) is 6.32. The molecule has 34 heavy (non-hydrogen) atoms. The number of aromatic hydroxyl groups is 2. The Kier molecular flexibility index (Phi) is 8.20. The predicted molar refractivity (Wildman–Crippen MR) is 125 cm³/mol. The number of carbonyl (C=O) groups is 2. The van der Waals surface area contributed by atoms with Gasteiger partial charge in [-0.15, -0.1) is 0 Å². The summed E-state index contributed by atoms with van der Waals surface area (Å²) in [5.41, 5.74) is 5.51. The third-order valence-electron chi connectivity index (χ3n) is 5.29. The van der Waals surface area contributed by atoms with Crippen LogP contribution in [0.3, 0.4) is 0 Å². The van der Waals surface area contributed by atoms with Crippen LogP contribution in [0, 0.1) is 0 Å².